The van der Waals surface area contributed by atoms with E-state index in [0.717, 1.165) is 28.3 Å². The average Bonchev–Trinajstić information content (AvgIpc) is 2.65. The van der Waals surface area contributed by atoms with Gasteiger partial charge in [0.1, 0.15) is 0 Å². The molecule has 3 rings (SSSR count). The minimum absolute atomic E-state index is 0.139. The summed E-state index contributed by atoms with van der Waals surface area (Å²) in [6.07, 6.45) is 12.0. The van der Waals surface area contributed by atoms with Crippen molar-refractivity contribution in [3.63, 3.8) is 0 Å². The van der Waals surface area contributed by atoms with Crippen LogP contribution in [0.15, 0.2) is 81.9 Å². The summed E-state index contributed by atoms with van der Waals surface area (Å²) in [5, 5.41) is 0. The van der Waals surface area contributed by atoms with Gasteiger partial charge in [-0.15, -0.1) is 0 Å². The molecule has 2 aliphatic carbocycles. The van der Waals surface area contributed by atoms with Crippen LogP contribution in [0.5, 0.6) is 0 Å². The van der Waals surface area contributed by atoms with E-state index in [-0.39, 0.29) is 16.6 Å². The molecule has 0 saturated heterocycles. The maximum Gasteiger partial charge on any atom is 0.185 e. The molecule has 0 aliphatic heterocycles. The van der Waals surface area contributed by atoms with Gasteiger partial charge in [-0.3, -0.25) is 9.79 Å². The lowest BCUT2D eigenvalue weighted by Crippen LogP contribution is -2.35. The van der Waals surface area contributed by atoms with Crippen LogP contribution in [-0.4, -0.2) is 22.7 Å². The number of aliphatic imine (C=N–C) groups is 2. The molecule has 0 spiro atoms. The molecule has 162 valence electrons. The van der Waals surface area contributed by atoms with Gasteiger partial charge < -0.3 is 0 Å². The summed E-state index contributed by atoms with van der Waals surface area (Å²) in [7, 11) is 0. The van der Waals surface area contributed by atoms with Gasteiger partial charge in [-0.05, 0) is 73.3 Å². The van der Waals surface area contributed by atoms with Crippen LogP contribution in [0.25, 0.3) is 0 Å². The predicted molar refractivity (Wildman–Crippen MR) is 132 cm³/mol. The SMILES string of the molecule is Cc1ccc(N=C2C=CC(=NC3(C)C=C(C(C)(C)C)C(=O)C(C(C)(C)C)=C3)C=C2)cc1. The zero-order valence-corrected chi connectivity index (χ0v) is 20.1. The summed E-state index contributed by atoms with van der Waals surface area (Å²) in [5.74, 6) is 0.139. The molecule has 1 aromatic carbocycles. The van der Waals surface area contributed by atoms with Crippen LogP contribution in [0.3, 0.4) is 0 Å². The van der Waals surface area contributed by atoms with Crippen molar-refractivity contribution in [3.8, 4) is 0 Å². The van der Waals surface area contributed by atoms with Gasteiger partial charge in [-0.1, -0.05) is 59.2 Å². The van der Waals surface area contributed by atoms with Crippen molar-refractivity contribution in [2.45, 2.75) is 60.9 Å². The van der Waals surface area contributed by atoms with Gasteiger partial charge in [0.2, 0.25) is 0 Å². The van der Waals surface area contributed by atoms with Crippen molar-refractivity contribution in [3.05, 3.63) is 77.4 Å². The van der Waals surface area contributed by atoms with Crippen LogP contribution >= 0.6 is 0 Å². The Kier molecular flexibility index (Phi) is 5.92. The maximum absolute atomic E-state index is 13.2. The first-order chi connectivity index (χ1) is 14.3. The van der Waals surface area contributed by atoms with Crippen molar-refractivity contribution in [2.24, 2.45) is 20.8 Å². The number of carbonyl (C=O) groups excluding carboxylic acids is 1. The van der Waals surface area contributed by atoms with Gasteiger partial charge in [-0.25, -0.2) is 4.99 Å². The number of benzene rings is 1. The van der Waals surface area contributed by atoms with Crippen LogP contribution in [0, 0.1) is 17.8 Å². The Hall–Kier alpha value is -2.81. The standard InChI is InChI=1S/C28H34N2O/c1-19-9-11-20(12-10-19)29-21-13-15-22(16-14-21)30-28(8)17-23(26(2,3)4)25(31)24(18-28)27(5,6)7/h9-18H,1-8H3. The topological polar surface area (TPSA) is 41.8 Å². The lowest BCUT2D eigenvalue weighted by molar-refractivity contribution is -0.114. The summed E-state index contributed by atoms with van der Waals surface area (Å²) in [5.41, 5.74) is 4.52. The van der Waals surface area contributed by atoms with Crippen LogP contribution in [-0.2, 0) is 4.79 Å². The number of nitrogens with zero attached hydrogens (tertiary/aromatic N) is 2. The molecular formula is C28H34N2O. The summed E-state index contributed by atoms with van der Waals surface area (Å²) in [4.78, 5) is 22.9. The zero-order chi connectivity index (χ0) is 23.0. The first kappa shape index (κ1) is 22.9. The zero-order valence-electron chi connectivity index (χ0n) is 20.1. The molecule has 0 amide bonds. The van der Waals surface area contributed by atoms with Crippen molar-refractivity contribution in [2.75, 3.05) is 0 Å². The molecule has 0 fully saturated rings. The number of hydrogen-bond donors (Lipinski definition) is 0. The predicted octanol–water partition coefficient (Wildman–Crippen LogP) is 6.92. The Bertz CT molecular complexity index is 1010. The van der Waals surface area contributed by atoms with Gasteiger partial charge in [-0.2, -0.15) is 0 Å². The third kappa shape index (κ3) is 5.46. The van der Waals surface area contributed by atoms with Crippen molar-refractivity contribution in [1.82, 2.24) is 0 Å². The van der Waals surface area contributed by atoms with E-state index in [9.17, 15) is 4.79 Å². The lowest BCUT2D eigenvalue weighted by atomic mass is 9.69. The van der Waals surface area contributed by atoms with E-state index >= 15 is 0 Å². The quantitative estimate of drug-likeness (QED) is 0.484. The molecule has 1 aromatic rings. The average molecular weight is 415 g/mol. The molecule has 2 aliphatic rings. The molecule has 0 bridgehead atoms. The number of allylic oxidation sites excluding steroid dienone is 6. The fourth-order valence-electron chi connectivity index (χ4n) is 3.73. The minimum Gasteiger partial charge on any atom is -0.289 e. The van der Waals surface area contributed by atoms with Crippen LogP contribution in [0.1, 0.15) is 54.0 Å². The Morgan fingerprint density at radius 2 is 1.19 bits per heavy atom. The minimum atomic E-state index is -0.575. The second kappa shape index (κ2) is 8.03. The summed E-state index contributed by atoms with van der Waals surface area (Å²) in [6.45, 7) is 16.7. The highest BCUT2D eigenvalue weighted by molar-refractivity contribution is 6.19. The number of Topliss-reactive ketones (excluding diaryl/α,β-unsaturated/α-hetero) is 1. The highest BCUT2D eigenvalue weighted by Crippen LogP contribution is 2.41. The molecule has 0 unspecified atom stereocenters. The molecule has 0 saturated carbocycles. The number of ketones is 1. The molecule has 3 heteroatoms. The van der Waals surface area contributed by atoms with Crippen LogP contribution in [0.2, 0.25) is 0 Å². The fraction of sp³-hybridized carbons (Fsp3) is 0.393. The second-order valence-electron chi connectivity index (χ2n) is 10.7. The van der Waals surface area contributed by atoms with Gasteiger partial charge in [0, 0.05) is 11.1 Å². The Morgan fingerprint density at radius 3 is 1.65 bits per heavy atom. The largest absolute Gasteiger partial charge is 0.289 e. The van der Waals surface area contributed by atoms with Gasteiger partial charge in [0.15, 0.2) is 5.78 Å². The number of rotatable bonds is 2. The lowest BCUT2D eigenvalue weighted by Gasteiger charge is -2.36. The third-order valence-corrected chi connectivity index (χ3v) is 5.49. The van der Waals surface area contributed by atoms with E-state index in [0.29, 0.717) is 0 Å². The van der Waals surface area contributed by atoms with E-state index < -0.39 is 5.54 Å². The molecule has 3 nitrogen and oxygen atoms in total. The summed E-state index contributed by atoms with van der Waals surface area (Å²) >= 11 is 0. The Morgan fingerprint density at radius 1 is 0.742 bits per heavy atom. The van der Waals surface area contributed by atoms with Gasteiger partial charge in [0.25, 0.3) is 0 Å². The van der Waals surface area contributed by atoms with E-state index in [2.05, 4.69) is 72.5 Å². The summed E-state index contributed by atoms with van der Waals surface area (Å²) in [6, 6.07) is 8.16. The normalized spacial score (nSPS) is 18.6. The van der Waals surface area contributed by atoms with E-state index in [4.69, 9.17) is 4.99 Å². The maximum atomic E-state index is 13.2. The highest BCUT2D eigenvalue weighted by atomic mass is 16.1. The first-order valence-corrected chi connectivity index (χ1v) is 10.9. The van der Waals surface area contributed by atoms with Gasteiger partial charge in [0.05, 0.1) is 22.6 Å². The first-order valence-electron chi connectivity index (χ1n) is 10.9. The molecule has 0 radical (unpaired) electrons. The molecular weight excluding hydrogens is 380 g/mol. The van der Waals surface area contributed by atoms with Crippen LogP contribution < -0.4 is 0 Å². The highest BCUT2D eigenvalue weighted by Gasteiger charge is 2.38. The van der Waals surface area contributed by atoms with E-state index in [1.165, 1.54) is 5.56 Å². The fourth-order valence-corrected chi connectivity index (χ4v) is 3.73. The molecule has 0 atom stereocenters. The van der Waals surface area contributed by atoms with Crippen LogP contribution in [0.4, 0.5) is 5.69 Å². The molecule has 31 heavy (non-hydrogen) atoms. The van der Waals surface area contributed by atoms with Gasteiger partial charge >= 0.3 is 0 Å². The number of aryl methyl sites for hydroxylation is 1. The Balaban J connectivity index is 1.95. The summed E-state index contributed by atoms with van der Waals surface area (Å²) < 4.78 is 0. The number of carbonyl (C=O) groups is 1. The van der Waals surface area contributed by atoms with Crippen molar-refractivity contribution < 1.29 is 4.79 Å². The Labute approximate surface area is 187 Å². The molecule has 0 heterocycles. The van der Waals surface area contributed by atoms with Crippen molar-refractivity contribution >= 4 is 22.9 Å². The third-order valence-electron chi connectivity index (χ3n) is 5.49. The smallest absolute Gasteiger partial charge is 0.185 e. The molecule has 0 aromatic heterocycles. The molecule has 0 N–H and O–H groups in total. The number of hydrogen-bond acceptors (Lipinski definition) is 3. The van der Waals surface area contributed by atoms with Crippen molar-refractivity contribution in [1.29, 1.82) is 0 Å². The monoisotopic (exact) mass is 414 g/mol. The van der Waals surface area contributed by atoms with E-state index in [1.807, 2.05) is 48.6 Å². The second-order valence-corrected chi connectivity index (χ2v) is 10.7. The van der Waals surface area contributed by atoms with E-state index in [1.54, 1.807) is 0 Å².